The number of alkyl halides is 2. The van der Waals surface area contributed by atoms with Crippen molar-refractivity contribution in [1.82, 2.24) is 9.78 Å². The lowest BCUT2D eigenvalue weighted by Gasteiger charge is -2.01. The van der Waals surface area contributed by atoms with Gasteiger partial charge >= 0.3 is 5.97 Å². The van der Waals surface area contributed by atoms with Crippen LogP contribution in [0.2, 0.25) is 0 Å². The van der Waals surface area contributed by atoms with Crippen molar-refractivity contribution in [3.63, 3.8) is 0 Å². The minimum absolute atomic E-state index is 0.327. The average molecular weight is 273 g/mol. The molecule has 2 rings (SSSR count). The molecule has 0 aromatic carbocycles. The standard InChI is InChI=1S/C11H13F2N3O3/c1-19-11(18)8-2-7(8)10(17)15-6-3-14-16(4-6)5-9(12)13/h3-4,7-9H,2,5H2,1H3,(H,15,17)/t7-,8+/m1/s1. The Morgan fingerprint density at radius 3 is 2.95 bits per heavy atom. The smallest absolute Gasteiger partial charge is 0.309 e. The van der Waals surface area contributed by atoms with E-state index in [0.717, 1.165) is 4.68 Å². The van der Waals surface area contributed by atoms with Crippen molar-refractivity contribution in [3.8, 4) is 0 Å². The monoisotopic (exact) mass is 273 g/mol. The number of hydrogen-bond acceptors (Lipinski definition) is 4. The third kappa shape index (κ3) is 3.27. The maximum Gasteiger partial charge on any atom is 0.309 e. The second-order valence-corrected chi connectivity index (χ2v) is 4.30. The Morgan fingerprint density at radius 2 is 2.32 bits per heavy atom. The molecule has 19 heavy (non-hydrogen) atoms. The lowest BCUT2D eigenvalue weighted by molar-refractivity contribution is -0.143. The fraction of sp³-hybridized carbons (Fsp3) is 0.545. The van der Waals surface area contributed by atoms with Gasteiger partial charge in [-0.3, -0.25) is 14.3 Å². The number of nitrogens with one attached hydrogen (secondary N) is 1. The van der Waals surface area contributed by atoms with Gasteiger partial charge in [0.15, 0.2) is 0 Å². The van der Waals surface area contributed by atoms with E-state index in [4.69, 9.17) is 0 Å². The van der Waals surface area contributed by atoms with Crippen molar-refractivity contribution < 1.29 is 23.1 Å². The molecule has 0 radical (unpaired) electrons. The number of aromatic nitrogens is 2. The average Bonchev–Trinajstić information content (AvgIpc) is 3.05. The number of carbonyl (C=O) groups excluding carboxylic acids is 2. The number of methoxy groups -OCH3 is 1. The molecule has 1 amide bonds. The fourth-order valence-electron chi connectivity index (χ4n) is 1.80. The van der Waals surface area contributed by atoms with Crippen LogP contribution in [0, 0.1) is 11.8 Å². The Labute approximate surface area is 107 Å². The SMILES string of the molecule is COC(=O)[C@H]1C[C@H]1C(=O)Nc1cnn(CC(F)F)c1. The lowest BCUT2D eigenvalue weighted by atomic mass is 10.3. The summed E-state index contributed by atoms with van der Waals surface area (Å²) in [6, 6.07) is 0. The molecule has 0 unspecified atom stereocenters. The summed E-state index contributed by atoms with van der Waals surface area (Å²) in [5, 5.41) is 6.22. The van der Waals surface area contributed by atoms with Crippen LogP contribution in [0.4, 0.5) is 14.5 Å². The van der Waals surface area contributed by atoms with E-state index < -0.39 is 30.8 Å². The van der Waals surface area contributed by atoms with Gasteiger partial charge in [-0.25, -0.2) is 8.78 Å². The number of anilines is 1. The van der Waals surface area contributed by atoms with Crippen LogP contribution in [0.3, 0.4) is 0 Å². The van der Waals surface area contributed by atoms with Gasteiger partial charge in [-0.1, -0.05) is 0 Å². The van der Waals surface area contributed by atoms with E-state index in [0.29, 0.717) is 12.1 Å². The van der Waals surface area contributed by atoms with Crippen molar-refractivity contribution in [3.05, 3.63) is 12.4 Å². The lowest BCUT2D eigenvalue weighted by Crippen LogP contribution is -2.17. The molecule has 1 aliphatic rings. The van der Waals surface area contributed by atoms with Gasteiger partial charge < -0.3 is 10.1 Å². The Bertz CT molecular complexity index is 489. The number of carbonyl (C=O) groups is 2. The van der Waals surface area contributed by atoms with Crippen molar-refractivity contribution in [2.45, 2.75) is 19.4 Å². The Balaban J connectivity index is 1.86. The molecule has 2 atom stereocenters. The maximum absolute atomic E-state index is 12.1. The quantitative estimate of drug-likeness (QED) is 0.809. The number of hydrogen-bond donors (Lipinski definition) is 1. The normalized spacial score (nSPS) is 21.3. The van der Waals surface area contributed by atoms with E-state index in [1.54, 1.807) is 0 Å². The molecule has 6 nitrogen and oxygen atoms in total. The summed E-state index contributed by atoms with van der Waals surface area (Å²) in [5.41, 5.74) is 0.334. The van der Waals surface area contributed by atoms with Crippen LogP contribution in [-0.4, -0.2) is 35.2 Å². The van der Waals surface area contributed by atoms with Crippen LogP contribution >= 0.6 is 0 Å². The highest BCUT2D eigenvalue weighted by Crippen LogP contribution is 2.40. The molecular weight excluding hydrogens is 260 g/mol. The zero-order valence-electron chi connectivity index (χ0n) is 10.2. The van der Waals surface area contributed by atoms with Gasteiger partial charge in [0.2, 0.25) is 5.91 Å². The van der Waals surface area contributed by atoms with E-state index >= 15 is 0 Å². The van der Waals surface area contributed by atoms with E-state index in [1.165, 1.54) is 19.5 Å². The number of ether oxygens (including phenoxy) is 1. The number of amides is 1. The van der Waals surface area contributed by atoms with Crippen molar-refractivity contribution in [2.24, 2.45) is 11.8 Å². The second kappa shape index (κ2) is 5.33. The highest BCUT2D eigenvalue weighted by Gasteiger charge is 2.49. The summed E-state index contributed by atoms with van der Waals surface area (Å²) >= 11 is 0. The molecule has 104 valence electrons. The molecule has 1 aromatic heterocycles. The summed E-state index contributed by atoms with van der Waals surface area (Å²) in [5.74, 6) is -1.55. The Morgan fingerprint density at radius 1 is 1.58 bits per heavy atom. The minimum atomic E-state index is -2.50. The summed E-state index contributed by atoms with van der Waals surface area (Å²) in [7, 11) is 1.27. The summed E-state index contributed by atoms with van der Waals surface area (Å²) in [4.78, 5) is 22.9. The van der Waals surface area contributed by atoms with E-state index in [9.17, 15) is 18.4 Å². The largest absolute Gasteiger partial charge is 0.469 e. The van der Waals surface area contributed by atoms with E-state index in [2.05, 4.69) is 15.2 Å². The minimum Gasteiger partial charge on any atom is -0.469 e. The maximum atomic E-state index is 12.1. The van der Waals surface area contributed by atoms with Crippen molar-refractivity contribution in [2.75, 3.05) is 12.4 Å². The molecule has 1 aromatic rings. The highest BCUT2D eigenvalue weighted by molar-refractivity contribution is 5.98. The molecule has 0 saturated heterocycles. The Hall–Kier alpha value is -1.99. The molecule has 1 heterocycles. The molecule has 0 aliphatic heterocycles. The second-order valence-electron chi connectivity index (χ2n) is 4.30. The molecule has 1 aliphatic carbocycles. The fourth-order valence-corrected chi connectivity index (χ4v) is 1.80. The number of esters is 1. The van der Waals surface area contributed by atoms with Crippen molar-refractivity contribution in [1.29, 1.82) is 0 Å². The molecular formula is C11H13F2N3O3. The van der Waals surface area contributed by atoms with Gasteiger partial charge in [-0.05, 0) is 6.42 Å². The van der Waals surface area contributed by atoms with Gasteiger partial charge in [0.1, 0.15) is 6.54 Å². The molecule has 8 heteroatoms. The van der Waals surface area contributed by atoms with Crippen LogP contribution in [0.1, 0.15) is 6.42 Å². The van der Waals surface area contributed by atoms with E-state index in [1.807, 2.05) is 0 Å². The van der Waals surface area contributed by atoms with Gasteiger partial charge in [0, 0.05) is 6.20 Å². The number of halogens is 2. The van der Waals surface area contributed by atoms with Gasteiger partial charge in [-0.15, -0.1) is 0 Å². The topological polar surface area (TPSA) is 73.2 Å². The van der Waals surface area contributed by atoms with Gasteiger partial charge in [0.25, 0.3) is 6.43 Å². The van der Waals surface area contributed by atoms with Gasteiger partial charge in [0.05, 0.1) is 30.8 Å². The highest BCUT2D eigenvalue weighted by atomic mass is 19.3. The molecule has 1 N–H and O–H groups in total. The van der Waals surface area contributed by atoms with Crippen LogP contribution in [-0.2, 0) is 20.9 Å². The third-order valence-corrected chi connectivity index (χ3v) is 2.86. The van der Waals surface area contributed by atoms with Crippen LogP contribution < -0.4 is 5.32 Å². The number of nitrogens with zero attached hydrogens (tertiary/aromatic N) is 2. The zero-order chi connectivity index (χ0) is 14.0. The first-order valence-electron chi connectivity index (χ1n) is 5.70. The molecule has 1 saturated carbocycles. The predicted molar refractivity (Wildman–Crippen MR) is 60.5 cm³/mol. The summed E-state index contributed by atoms with van der Waals surface area (Å²) in [6.45, 7) is -0.524. The van der Waals surface area contributed by atoms with Gasteiger partial charge in [-0.2, -0.15) is 5.10 Å². The van der Waals surface area contributed by atoms with Crippen LogP contribution in [0.25, 0.3) is 0 Å². The summed E-state index contributed by atoms with van der Waals surface area (Å²) in [6.07, 6.45) is 0.551. The predicted octanol–water partition coefficient (Wildman–Crippen LogP) is 0.896. The number of rotatable bonds is 5. The Kier molecular flexibility index (Phi) is 3.77. The summed E-state index contributed by atoms with van der Waals surface area (Å²) < 4.78 is 29.8. The molecule has 1 fully saturated rings. The molecule has 0 bridgehead atoms. The first-order chi connectivity index (χ1) is 9.01. The first kappa shape index (κ1) is 13.4. The first-order valence-corrected chi connectivity index (χ1v) is 5.70. The third-order valence-electron chi connectivity index (χ3n) is 2.86. The van der Waals surface area contributed by atoms with Crippen LogP contribution in [0.15, 0.2) is 12.4 Å². The van der Waals surface area contributed by atoms with E-state index in [-0.39, 0.29) is 5.91 Å². The van der Waals surface area contributed by atoms with Crippen molar-refractivity contribution >= 4 is 17.6 Å². The van der Waals surface area contributed by atoms with Crippen LogP contribution in [0.5, 0.6) is 0 Å². The molecule has 0 spiro atoms. The zero-order valence-corrected chi connectivity index (χ0v) is 10.2.